The fourth-order valence-electron chi connectivity index (χ4n) is 1.36. The standard InChI is InChI=1S/C11H18N2/c1-11(9-12,13(2)3)10-7-5-4-6-8-10/h4-8H,9,12H2,1-3H3. The van der Waals surface area contributed by atoms with Crippen LogP contribution in [0.1, 0.15) is 12.5 Å². The molecule has 0 aliphatic heterocycles. The number of hydrogen-bond donors (Lipinski definition) is 1. The Balaban J connectivity index is 3.03. The Morgan fingerprint density at radius 3 is 2.15 bits per heavy atom. The highest BCUT2D eigenvalue weighted by Crippen LogP contribution is 2.23. The van der Waals surface area contributed by atoms with Crippen LogP contribution in [0.2, 0.25) is 0 Å². The highest BCUT2D eigenvalue weighted by molar-refractivity contribution is 5.23. The second-order valence-corrected chi connectivity index (χ2v) is 3.74. The second-order valence-electron chi connectivity index (χ2n) is 3.74. The van der Waals surface area contributed by atoms with E-state index in [4.69, 9.17) is 5.73 Å². The summed E-state index contributed by atoms with van der Waals surface area (Å²) in [6, 6.07) is 10.4. The van der Waals surface area contributed by atoms with Gasteiger partial charge in [0.15, 0.2) is 0 Å². The van der Waals surface area contributed by atoms with E-state index in [9.17, 15) is 0 Å². The third kappa shape index (κ3) is 1.90. The molecule has 72 valence electrons. The molecule has 2 nitrogen and oxygen atoms in total. The molecule has 0 aromatic heterocycles. The van der Waals surface area contributed by atoms with Gasteiger partial charge in [0.1, 0.15) is 0 Å². The van der Waals surface area contributed by atoms with E-state index < -0.39 is 0 Å². The maximum absolute atomic E-state index is 5.80. The smallest absolute Gasteiger partial charge is 0.0550 e. The van der Waals surface area contributed by atoms with Crippen LogP contribution in [-0.4, -0.2) is 25.5 Å². The molecule has 1 aromatic carbocycles. The van der Waals surface area contributed by atoms with Gasteiger partial charge in [-0.15, -0.1) is 0 Å². The normalized spacial score (nSPS) is 15.8. The molecular weight excluding hydrogens is 160 g/mol. The molecule has 13 heavy (non-hydrogen) atoms. The van der Waals surface area contributed by atoms with Crippen molar-refractivity contribution in [2.24, 2.45) is 5.73 Å². The van der Waals surface area contributed by atoms with Gasteiger partial charge in [-0.1, -0.05) is 30.3 Å². The first-order chi connectivity index (χ1) is 6.11. The molecule has 1 atom stereocenters. The molecule has 0 bridgehead atoms. The van der Waals surface area contributed by atoms with Crippen molar-refractivity contribution in [3.63, 3.8) is 0 Å². The Labute approximate surface area is 80.4 Å². The number of nitrogens with zero attached hydrogens (tertiary/aromatic N) is 1. The minimum absolute atomic E-state index is 0.0543. The molecule has 1 rings (SSSR count). The van der Waals surface area contributed by atoms with Crippen LogP contribution < -0.4 is 5.73 Å². The van der Waals surface area contributed by atoms with Crippen molar-refractivity contribution < 1.29 is 0 Å². The summed E-state index contributed by atoms with van der Waals surface area (Å²) in [5.41, 5.74) is 7.01. The molecule has 0 fully saturated rings. The lowest BCUT2D eigenvalue weighted by Crippen LogP contribution is -2.44. The molecule has 1 unspecified atom stereocenters. The monoisotopic (exact) mass is 178 g/mol. The van der Waals surface area contributed by atoms with Gasteiger partial charge in [0.25, 0.3) is 0 Å². The van der Waals surface area contributed by atoms with Crippen LogP contribution in [0.5, 0.6) is 0 Å². The summed E-state index contributed by atoms with van der Waals surface area (Å²) < 4.78 is 0. The van der Waals surface area contributed by atoms with Gasteiger partial charge in [0.2, 0.25) is 0 Å². The van der Waals surface area contributed by atoms with Gasteiger partial charge >= 0.3 is 0 Å². The van der Waals surface area contributed by atoms with Crippen LogP contribution in [0.15, 0.2) is 30.3 Å². The predicted octanol–water partition coefficient (Wildman–Crippen LogP) is 1.42. The van der Waals surface area contributed by atoms with Crippen molar-refractivity contribution >= 4 is 0 Å². The highest BCUT2D eigenvalue weighted by Gasteiger charge is 2.26. The fraction of sp³-hybridized carbons (Fsp3) is 0.455. The predicted molar refractivity (Wildman–Crippen MR) is 56.5 cm³/mol. The summed E-state index contributed by atoms with van der Waals surface area (Å²) in [6.07, 6.45) is 0. The number of likely N-dealkylation sites (N-methyl/N-ethyl adjacent to an activating group) is 1. The number of hydrogen-bond acceptors (Lipinski definition) is 2. The van der Waals surface area contributed by atoms with E-state index in [-0.39, 0.29) is 5.54 Å². The molecule has 2 N–H and O–H groups in total. The van der Waals surface area contributed by atoms with Crippen LogP contribution in [0.25, 0.3) is 0 Å². The third-order valence-corrected chi connectivity index (χ3v) is 2.78. The van der Waals surface area contributed by atoms with E-state index in [2.05, 4.69) is 38.1 Å². The summed E-state index contributed by atoms with van der Waals surface area (Å²) in [6.45, 7) is 2.78. The average Bonchev–Trinajstić information content (AvgIpc) is 2.17. The Bertz CT molecular complexity index is 256. The lowest BCUT2D eigenvalue weighted by atomic mass is 9.91. The molecule has 0 amide bonds. The molecule has 0 saturated heterocycles. The van der Waals surface area contributed by atoms with E-state index in [1.54, 1.807) is 0 Å². The zero-order valence-electron chi connectivity index (χ0n) is 8.62. The number of benzene rings is 1. The second kappa shape index (κ2) is 3.90. The average molecular weight is 178 g/mol. The minimum atomic E-state index is -0.0543. The third-order valence-electron chi connectivity index (χ3n) is 2.78. The van der Waals surface area contributed by atoms with E-state index in [0.717, 1.165) is 0 Å². The van der Waals surface area contributed by atoms with Crippen LogP contribution >= 0.6 is 0 Å². The van der Waals surface area contributed by atoms with Crippen molar-refractivity contribution in [3.05, 3.63) is 35.9 Å². The summed E-state index contributed by atoms with van der Waals surface area (Å²) >= 11 is 0. The van der Waals surface area contributed by atoms with Gasteiger partial charge in [0.05, 0.1) is 5.54 Å². The summed E-state index contributed by atoms with van der Waals surface area (Å²) in [7, 11) is 4.11. The molecule has 0 aliphatic rings. The lowest BCUT2D eigenvalue weighted by molar-refractivity contribution is 0.183. The maximum Gasteiger partial charge on any atom is 0.0550 e. The Morgan fingerprint density at radius 2 is 1.77 bits per heavy atom. The molecule has 0 heterocycles. The largest absolute Gasteiger partial charge is 0.328 e. The van der Waals surface area contributed by atoms with Gasteiger partial charge in [0, 0.05) is 6.54 Å². The zero-order chi connectivity index (χ0) is 9.90. The SMILES string of the molecule is CN(C)C(C)(CN)c1ccccc1. The van der Waals surface area contributed by atoms with Crippen molar-refractivity contribution in [2.75, 3.05) is 20.6 Å². The van der Waals surface area contributed by atoms with Gasteiger partial charge < -0.3 is 5.73 Å². The van der Waals surface area contributed by atoms with Gasteiger partial charge in [-0.2, -0.15) is 0 Å². The minimum Gasteiger partial charge on any atom is -0.328 e. The van der Waals surface area contributed by atoms with Crippen LogP contribution in [0, 0.1) is 0 Å². The quantitative estimate of drug-likeness (QED) is 0.758. The molecule has 0 saturated carbocycles. The molecule has 2 heteroatoms. The Kier molecular flexibility index (Phi) is 3.07. The highest BCUT2D eigenvalue weighted by atomic mass is 15.1. The molecule has 0 radical (unpaired) electrons. The summed E-state index contributed by atoms with van der Waals surface area (Å²) in [4.78, 5) is 2.16. The molecule has 1 aromatic rings. The zero-order valence-corrected chi connectivity index (χ0v) is 8.62. The van der Waals surface area contributed by atoms with E-state index >= 15 is 0 Å². The molecular formula is C11H18N2. The number of rotatable bonds is 3. The fourth-order valence-corrected chi connectivity index (χ4v) is 1.36. The van der Waals surface area contributed by atoms with Crippen molar-refractivity contribution in [1.82, 2.24) is 4.90 Å². The van der Waals surface area contributed by atoms with Gasteiger partial charge in [-0.25, -0.2) is 0 Å². The van der Waals surface area contributed by atoms with Gasteiger partial charge in [-0.05, 0) is 26.6 Å². The van der Waals surface area contributed by atoms with Crippen LogP contribution in [-0.2, 0) is 5.54 Å². The van der Waals surface area contributed by atoms with Gasteiger partial charge in [-0.3, -0.25) is 4.90 Å². The van der Waals surface area contributed by atoms with Crippen molar-refractivity contribution in [1.29, 1.82) is 0 Å². The van der Waals surface area contributed by atoms with E-state index in [1.807, 2.05) is 18.2 Å². The molecule has 0 aliphatic carbocycles. The first-order valence-electron chi connectivity index (χ1n) is 4.54. The van der Waals surface area contributed by atoms with Crippen LogP contribution in [0.3, 0.4) is 0 Å². The first kappa shape index (κ1) is 10.2. The summed E-state index contributed by atoms with van der Waals surface area (Å²) in [5, 5.41) is 0. The number of nitrogens with two attached hydrogens (primary N) is 1. The van der Waals surface area contributed by atoms with Crippen molar-refractivity contribution in [2.45, 2.75) is 12.5 Å². The van der Waals surface area contributed by atoms with E-state index in [1.165, 1.54) is 5.56 Å². The van der Waals surface area contributed by atoms with Crippen molar-refractivity contribution in [3.8, 4) is 0 Å². The summed E-state index contributed by atoms with van der Waals surface area (Å²) in [5.74, 6) is 0. The first-order valence-corrected chi connectivity index (χ1v) is 4.54. The molecule has 0 spiro atoms. The maximum atomic E-state index is 5.80. The van der Waals surface area contributed by atoms with E-state index in [0.29, 0.717) is 6.54 Å². The Hall–Kier alpha value is -0.860. The Morgan fingerprint density at radius 1 is 1.23 bits per heavy atom. The topological polar surface area (TPSA) is 29.3 Å². The van der Waals surface area contributed by atoms with Crippen LogP contribution in [0.4, 0.5) is 0 Å². The lowest BCUT2D eigenvalue weighted by Gasteiger charge is -2.35.